The molecule has 0 bridgehead atoms. The Kier molecular flexibility index (Phi) is 3.50. The van der Waals surface area contributed by atoms with Crippen molar-refractivity contribution in [1.82, 2.24) is 14.6 Å². The number of ether oxygens (including phenoxy) is 1. The first kappa shape index (κ1) is 13.2. The zero-order valence-electron chi connectivity index (χ0n) is 10.5. The van der Waals surface area contributed by atoms with Crippen LogP contribution in [0.25, 0.3) is 5.65 Å². The number of benzene rings is 1. The van der Waals surface area contributed by atoms with Crippen LogP contribution in [0.3, 0.4) is 0 Å². The van der Waals surface area contributed by atoms with Gasteiger partial charge in [0.15, 0.2) is 11.4 Å². The van der Waals surface area contributed by atoms with Gasteiger partial charge < -0.3 is 10.1 Å². The van der Waals surface area contributed by atoms with Crippen molar-refractivity contribution in [2.75, 3.05) is 12.4 Å². The van der Waals surface area contributed by atoms with E-state index in [0.29, 0.717) is 22.4 Å². The number of rotatable bonds is 3. The molecule has 2 heterocycles. The average molecular weight is 354 g/mol. The Balaban J connectivity index is 2.10. The van der Waals surface area contributed by atoms with Gasteiger partial charge in [-0.05, 0) is 28.1 Å². The fraction of sp³-hybridized carbons (Fsp3) is 0.0769. The second-order valence-electron chi connectivity index (χ2n) is 4.01. The third kappa shape index (κ3) is 2.32. The van der Waals surface area contributed by atoms with Gasteiger partial charge in [-0.25, -0.2) is 4.98 Å². The Morgan fingerprint density at radius 2 is 2.20 bits per heavy atom. The molecule has 3 rings (SSSR count). The molecular formula is C13H10BrClN4O. The molecule has 0 spiro atoms. The van der Waals surface area contributed by atoms with Crippen LogP contribution in [-0.2, 0) is 0 Å². The summed E-state index contributed by atoms with van der Waals surface area (Å²) in [6.45, 7) is 0. The Hall–Kier alpha value is -1.79. The number of hydrogen-bond acceptors (Lipinski definition) is 4. The molecular weight excluding hydrogens is 344 g/mol. The van der Waals surface area contributed by atoms with Crippen molar-refractivity contribution >= 4 is 44.7 Å². The molecule has 5 nitrogen and oxygen atoms in total. The molecule has 0 unspecified atom stereocenters. The van der Waals surface area contributed by atoms with Gasteiger partial charge in [0.25, 0.3) is 0 Å². The lowest BCUT2D eigenvalue weighted by atomic mass is 10.3. The molecule has 1 N–H and O–H groups in total. The number of para-hydroxylation sites is 1. The summed E-state index contributed by atoms with van der Waals surface area (Å²) in [4.78, 5) is 4.18. The largest absolute Gasteiger partial charge is 0.493 e. The zero-order chi connectivity index (χ0) is 14.1. The summed E-state index contributed by atoms with van der Waals surface area (Å²) in [5.74, 6) is 1.42. The maximum atomic E-state index is 6.02. The Morgan fingerprint density at radius 1 is 1.35 bits per heavy atom. The molecule has 0 aliphatic rings. The number of anilines is 2. The average Bonchev–Trinajstić information content (AvgIpc) is 2.87. The summed E-state index contributed by atoms with van der Waals surface area (Å²) in [6.07, 6.45) is 1.67. The van der Waals surface area contributed by atoms with Crippen LogP contribution in [0.15, 0.2) is 41.0 Å². The van der Waals surface area contributed by atoms with Gasteiger partial charge in [-0.2, -0.15) is 9.61 Å². The summed E-state index contributed by atoms with van der Waals surface area (Å²) in [5.41, 5.74) is 1.48. The molecule has 0 amide bonds. The van der Waals surface area contributed by atoms with Crippen molar-refractivity contribution in [2.45, 2.75) is 0 Å². The predicted octanol–water partition coefficient (Wildman–Crippen LogP) is 3.90. The summed E-state index contributed by atoms with van der Waals surface area (Å²) in [7, 11) is 1.62. The van der Waals surface area contributed by atoms with Gasteiger partial charge in [0.2, 0.25) is 0 Å². The molecule has 3 aromatic rings. The molecule has 0 aliphatic heterocycles. The van der Waals surface area contributed by atoms with E-state index in [9.17, 15) is 0 Å². The first-order valence-electron chi connectivity index (χ1n) is 5.79. The number of nitrogens with zero attached hydrogens (tertiary/aromatic N) is 3. The molecule has 20 heavy (non-hydrogen) atoms. The molecule has 0 saturated heterocycles. The van der Waals surface area contributed by atoms with Gasteiger partial charge in [0.05, 0.1) is 23.5 Å². The molecule has 7 heteroatoms. The van der Waals surface area contributed by atoms with Crippen molar-refractivity contribution in [3.63, 3.8) is 0 Å². The minimum Gasteiger partial charge on any atom is -0.493 e. The van der Waals surface area contributed by atoms with Crippen LogP contribution in [0.2, 0.25) is 5.15 Å². The number of methoxy groups -OCH3 is 1. The number of hydrogen-bond donors (Lipinski definition) is 1. The highest BCUT2D eigenvalue weighted by Crippen LogP contribution is 2.34. The van der Waals surface area contributed by atoms with Gasteiger partial charge in [-0.1, -0.05) is 17.7 Å². The number of aromatic nitrogens is 3. The molecule has 1 aromatic carbocycles. The quantitative estimate of drug-likeness (QED) is 0.726. The number of fused-ring (bicyclic) bond motifs is 1. The second-order valence-corrected chi connectivity index (χ2v) is 5.25. The van der Waals surface area contributed by atoms with Crippen molar-refractivity contribution in [3.8, 4) is 5.75 Å². The van der Waals surface area contributed by atoms with Gasteiger partial charge in [0.1, 0.15) is 11.0 Å². The van der Waals surface area contributed by atoms with Crippen LogP contribution < -0.4 is 10.1 Å². The highest BCUT2D eigenvalue weighted by atomic mass is 79.9. The fourth-order valence-electron chi connectivity index (χ4n) is 1.92. The first-order chi connectivity index (χ1) is 9.69. The fourth-order valence-corrected chi connectivity index (χ4v) is 2.64. The summed E-state index contributed by atoms with van der Waals surface area (Å²) in [5, 5.41) is 7.87. The van der Waals surface area contributed by atoms with Crippen LogP contribution in [0.4, 0.5) is 11.5 Å². The Labute approximate surface area is 128 Å². The minimum atomic E-state index is 0.398. The standard InChI is InChI=1S/C13H10BrClN4O/c1-20-13-8(14)3-2-4-9(13)17-12-7-10(15)18-11-5-6-16-19(11)12/h2-7,17H,1H3. The van der Waals surface area contributed by atoms with E-state index >= 15 is 0 Å². The molecule has 2 aromatic heterocycles. The van der Waals surface area contributed by atoms with E-state index in [1.54, 1.807) is 30.0 Å². The van der Waals surface area contributed by atoms with Gasteiger partial charge >= 0.3 is 0 Å². The second kappa shape index (κ2) is 5.30. The third-order valence-electron chi connectivity index (χ3n) is 2.76. The van der Waals surface area contributed by atoms with E-state index in [2.05, 4.69) is 31.3 Å². The topological polar surface area (TPSA) is 51.5 Å². The third-order valence-corrected chi connectivity index (χ3v) is 3.58. The van der Waals surface area contributed by atoms with Crippen LogP contribution in [-0.4, -0.2) is 21.7 Å². The van der Waals surface area contributed by atoms with Crippen LogP contribution in [0.5, 0.6) is 5.75 Å². The molecule has 102 valence electrons. The van der Waals surface area contributed by atoms with E-state index in [1.165, 1.54) is 0 Å². The Morgan fingerprint density at radius 3 is 3.00 bits per heavy atom. The molecule has 0 radical (unpaired) electrons. The van der Waals surface area contributed by atoms with Crippen LogP contribution >= 0.6 is 27.5 Å². The first-order valence-corrected chi connectivity index (χ1v) is 6.96. The van der Waals surface area contributed by atoms with Gasteiger partial charge in [-0.3, -0.25) is 0 Å². The smallest absolute Gasteiger partial charge is 0.159 e. The van der Waals surface area contributed by atoms with E-state index in [0.717, 1.165) is 10.2 Å². The molecule has 0 atom stereocenters. The molecule has 0 aliphatic carbocycles. The van der Waals surface area contributed by atoms with Crippen LogP contribution in [0.1, 0.15) is 0 Å². The number of halogens is 2. The Bertz CT molecular complexity index is 774. The maximum absolute atomic E-state index is 6.02. The predicted molar refractivity (Wildman–Crippen MR) is 82.0 cm³/mol. The van der Waals surface area contributed by atoms with E-state index < -0.39 is 0 Å². The zero-order valence-corrected chi connectivity index (χ0v) is 12.8. The van der Waals surface area contributed by atoms with Crippen molar-refractivity contribution in [1.29, 1.82) is 0 Å². The highest BCUT2D eigenvalue weighted by molar-refractivity contribution is 9.10. The molecule has 0 saturated carbocycles. The summed E-state index contributed by atoms with van der Waals surface area (Å²) in [6, 6.07) is 9.23. The monoisotopic (exact) mass is 352 g/mol. The summed E-state index contributed by atoms with van der Waals surface area (Å²) < 4.78 is 7.92. The SMILES string of the molecule is COc1c(Br)cccc1Nc1cc(Cl)nc2ccnn12. The minimum absolute atomic E-state index is 0.398. The van der Waals surface area contributed by atoms with E-state index in [1.807, 2.05) is 18.2 Å². The molecule has 0 fully saturated rings. The summed E-state index contributed by atoms with van der Waals surface area (Å²) >= 11 is 9.47. The lowest BCUT2D eigenvalue weighted by molar-refractivity contribution is 0.414. The van der Waals surface area contributed by atoms with Gasteiger partial charge in [-0.15, -0.1) is 0 Å². The van der Waals surface area contributed by atoms with Crippen LogP contribution in [0, 0.1) is 0 Å². The highest BCUT2D eigenvalue weighted by Gasteiger charge is 2.10. The normalized spacial score (nSPS) is 10.8. The lowest BCUT2D eigenvalue weighted by Crippen LogP contribution is -2.02. The van der Waals surface area contributed by atoms with Crippen molar-refractivity contribution in [3.05, 3.63) is 46.2 Å². The van der Waals surface area contributed by atoms with Gasteiger partial charge in [0, 0.05) is 12.1 Å². The van der Waals surface area contributed by atoms with Crippen molar-refractivity contribution < 1.29 is 4.74 Å². The number of nitrogens with one attached hydrogen (secondary N) is 1. The maximum Gasteiger partial charge on any atom is 0.159 e. The lowest BCUT2D eigenvalue weighted by Gasteiger charge is -2.13. The van der Waals surface area contributed by atoms with E-state index in [4.69, 9.17) is 16.3 Å². The van der Waals surface area contributed by atoms with Crippen molar-refractivity contribution in [2.24, 2.45) is 0 Å². The van der Waals surface area contributed by atoms with E-state index in [-0.39, 0.29) is 0 Å².